The van der Waals surface area contributed by atoms with Crippen molar-refractivity contribution in [2.45, 2.75) is 0 Å². The molecule has 6 heavy (non-hydrogen) atoms. The summed E-state index contributed by atoms with van der Waals surface area (Å²) in [4.78, 5) is 0. The van der Waals surface area contributed by atoms with Crippen LogP contribution in [0.3, 0.4) is 0 Å². The molecule has 0 aromatic carbocycles. The molecule has 0 amide bonds. The van der Waals surface area contributed by atoms with E-state index in [1.165, 1.54) is 0 Å². The number of hydrogen-bond donors (Lipinski definition) is 0. The van der Waals surface area contributed by atoms with Crippen LogP contribution in [0.15, 0.2) is 0 Å². The first kappa shape index (κ1) is 122. The van der Waals surface area contributed by atoms with E-state index in [1.807, 2.05) is 0 Å². The molecule has 0 heterocycles. The fourth-order valence-electron chi connectivity index (χ4n) is 0. The molecule has 24 valence electrons. The standard InChI is InChI=1S/3Li.3H2O/h;;;3*1H2/q3*+1;;;/p-3. The van der Waals surface area contributed by atoms with Gasteiger partial charge in [0.15, 0.2) is 0 Å². The van der Waals surface area contributed by atoms with Crippen molar-refractivity contribution >= 4 is 0 Å². The van der Waals surface area contributed by atoms with Gasteiger partial charge in [-0.3, -0.25) is 0 Å². The topological polar surface area (TPSA) is 90.0 Å². The predicted octanol–water partition coefficient (Wildman–Crippen LogP) is -9.52. The second-order valence-electron chi connectivity index (χ2n) is 0. The zero-order valence-corrected chi connectivity index (χ0v) is 4.34. The molecular formula is H3Li3O3. The first-order chi connectivity index (χ1) is 0. The van der Waals surface area contributed by atoms with Crippen molar-refractivity contribution in [3.05, 3.63) is 0 Å². The maximum Gasteiger partial charge on any atom is 1.00 e. The Morgan fingerprint density at radius 1 is 0.333 bits per heavy atom. The summed E-state index contributed by atoms with van der Waals surface area (Å²) in [6.45, 7) is 0. The fourth-order valence-corrected chi connectivity index (χ4v) is 0. The number of hydrogen-bond acceptors (Lipinski definition) is 3. The summed E-state index contributed by atoms with van der Waals surface area (Å²) < 4.78 is 0. The summed E-state index contributed by atoms with van der Waals surface area (Å²) in [5.41, 5.74) is 0. The number of rotatable bonds is 0. The molecule has 0 atom stereocenters. The van der Waals surface area contributed by atoms with Crippen LogP contribution in [0.2, 0.25) is 0 Å². The van der Waals surface area contributed by atoms with Gasteiger partial charge in [-0.05, 0) is 0 Å². The van der Waals surface area contributed by atoms with Gasteiger partial charge in [-0.1, -0.05) is 0 Å². The van der Waals surface area contributed by atoms with Crippen molar-refractivity contribution in [3.8, 4) is 0 Å². The zero-order valence-electron chi connectivity index (χ0n) is 4.34. The van der Waals surface area contributed by atoms with Crippen LogP contribution in [-0.4, -0.2) is 16.4 Å². The van der Waals surface area contributed by atoms with Crippen molar-refractivity contribution in [2.75, 3.05) is 0 Å². The van der Waals surface area contributed by atoms with Gasteiger partial charge in [0, 0.05) is 0 Å². The summed E-state index contributed by atoms with van der Waals surface area (Å²) >= 11 is 0. The average Bonchev–Trinajstić information content (AvgIpc) is 0. The van der Waals surface area contributed by atoms with Crippen LogP contribution in [0.4, 0.5) is 0 Å². The molecule has 0 saturated carbocycles. The molecule has 6 heteroatoms. The second-order valence-corrected chi connectivity index (χ2v) is 0. The summed E-state index contributed by atoms with van der Waals surface area (Å²) in [5.74, 6) is 0. The first-order valence-corrected chi connectivity index (χ1v) is 0. The molecule has 0 bridgehead atoms. The summed E-state index contributed by atoms with van der Waals surface area (Å²) in [6.07, 6.45) is 0. The largest absolute Gasteiger partial charge is 1.00 e. The van der Waals surface area contributed by atoms with Crippen LogP contribution >= 0.6 is 0 Å². The molecule has 0 aliphatic rings. The van der Waals surface area contributed by atoms with Gasteiger partial charge >= 0.3 is 56.6 Å². The maximum absolute atomic E-state index is 0. The molecule has 0 rings (SSSR count). The van der Waals surface area contributed by atoms with Crippen LogP contribution in [0.1, 0.15) is 0 Å². The van der Waals surface area contributed by atoms with Crippen LogP contribution in [0.25, 0.3) is 0 Å². The molecule has 0 aliphatic carbocycles. The Balaban J connectivity index is 0. The Hall–Kier alpha value is 1.67. The third-order valence-corrected chi connectivity index (χ3v) is 0. The smallest absolute Gasteiger partial charge is 0.870 e. The van der Waals surface area contributed by atoms with Crippen molar-refractivity contribution in [1.82, 2.24) is 0 Å². The van der Waals surface area contributed by atoms with E-state index in [9.17, 15) is 0 Å². The van der Waals surface area contributed by atoms with E-state index >= 15 is 0 Å². The van der Waals surface area contributed by atoms with Gasteiger partial charge in [0.2, 0.25) is 0 Å². The molecule has 0 unspecified atom stereocenters. The predicted molar refractivity (Wildman–Crippen MR) is 5.81 cm³/mol. The normalized spacial score (nSPS) is 0. The minimum atomic E-state index is 0. The Morgan fingerprint density at radius 2 is 0.333 bits per heavy atom. The second kappa shape index (κ2) is 76.8. The molecule has 0 aromatic rings. The minimum Gasteiger partial charge on any atom is -0.870 e. The van der Waals surface area contributed by atoms with Gasteiger partial charge in [-0.15, -0.1) is 0 Å². The van der Waals surface area contributed by atoms with Crippen molar-refractivity contribution < 1.29 is 73.0 Å². The molecule has 0 radical (unpaired) electrons. The zero-order chi connectivity index (χ0) is 0. The molecule has 0 fully saturated rings. The maximum atomic E-state index is 0. The third kappa shape index (κ3) is 44.3. The van der Waals surface area contributed by atoms with Gasteiger partial charge in [0.05, 0.1) is 0 Å². The van der Waals surface area contributed by atoms with Crippen LogP contribution in [0.5, 0.6) is 0 Å². The van der Waals surface area contributed by atoms with E-state index in [-0.39, 0.29) is 73.0 Å². The fraction of sp³-hybridized carbons (Fsp3) is 0. The van der Waals surface area contributed by atoms with Crippen LogP contribution in [-0.2, 0) is 0 Å². The molecule has 0 spiro atoms. The Morgan fingerprint density at radius 3 is 0.333 bits per heavy atom. The van der Waals surface area contributed by atoms with Crippen molar-refractivity contribution in [3.63, 3.8) is 0 Å². The van der Waals surface area contributed by atoms with Gasteiger partial charge in [0.25, 0.3) is 0 Å². The summed E-state index contributed by atoms with van der Waals surface area (Å²) in [6, 6.07) is 0. The average molecular weight is 71.8 g/mol. The van der Waals surface area contributed by atoms with E-state index < -0.39 is 0 Å². The van der Waals surface area contributed by atoms with Crippen molar-refractivity contribution in [1.29, 1.82) is 0 Å². The molecule has 0 aromatic heterocycles. The van der Waals surface area contributed by atoms with Gasteiger partial charge in [0.1, 0.15) is 0 Å². The molecular weight excluding hydrogens is 68.8 g/mol. The minimum absolute atomic E-state index is 0. The van der Waals surface area contributed by atoms with Crippen LogP contribution in [0, 0.1) is 0 Å². The van der Waals surface area contributed by atoms with E-state index in [0.717, 1.165) is 0 Å². The molecule has 3 N–H and O–H groups in total. The van der Waals surface area contributed by atoms with Crippen molar-refractivity contribution in [2.24, 2.45) is 0 Å². The van der Waals surface area contributed by atoms with Gasteiger partial charge in [-0.25, -0.2) is 0 Å². The Bertz CT molecular complexity index is 6.00. The summed E-state index contributed by atoms with van der Waals surface area (Å²) in [7, 11) is 0. The monoisotopic (exact) mass is 72.1 g/mol. The quantitative estimate of drug-likeness (QED) is 0.266. The van der Waals surface area contributed by atoms with Gasteiger partial charge < -0.3 is 16.4 Å². The molecule has 3 nitrogen and oxygen atoms in total. The Kier molecular flexibility index (Phi) is 1560. The van der Waals surface area contributed by atoms with E-state index in [1.54, 1.807) is 0 Å². The van der Waals surface area contributed by atoms with Gasteiger partial charge in [-0.2, -0.15) is 0 Å². The third-order valence-electron chi connectivity index (χ3n) is 0. The van der Waals surface area contributed by atoms with E-state index in [4.69, 9.17) is 0 Å². The molecule has 0 aliphatic heterocycles. The SMILES string of the molecule is [Li+].[Li+].[Li+].[OH-].[OH-].[OH-]. The molecule has 0 saturated heterocycles. The Labute approximate surface area is 72.7 Å². The first-order valence-electron chi connectivity index (χ1n) is 0. The van der Waals surface area contributed by atoms with Crippen LogP contribution < -0.4 is 56.6 Å². The van der Waals surface area contributed by atoms with E-state index in [2.05, 4.69) is 0 Å². The van der Waals surface area contributed by atoms with E-state index in [0.29, 0.717) is 0 Å². The summed E-state index contributed by atoms with van der Waals surface area (Å²) in [5, 5.41) is 0.